The zero-order valence-corrected chi connectivity index (χ0v) is 16.5. The van der Waals surface area contributed by atoms with Crippen LogP contribution >= 0.6 is 0 Å². The van der Waals surface area contributed by atoms with Crippen molar-refractivity contribution in [3.8, 4) is 0 Å². The highest BCUT2D eigenvalue weighted by atomic mass is 32.2. The van der Waals surface area contributed by atoms with E-state index in [0.717, 1.165) is 5.56 Å². The van der Waals surface area contributed by atoms with Crippen LogP contribution in [0.3, 0.4) is 0 Å². The highest BCUT2D eigenvalue weighted by molar-refractivity contribution is 7.89. The summed E-state index contributed by atoms with van der Waals surface area (Å²) >= 11 is 0. The van der Waals surface area contributed by atoms with Crippen molar-refractivity contribution < 1.29 is 22.7 Å². The predicted octanol–water partition coefficient (Wildman–Crippen LogP) is 2.57. The minimum absolute atomic E-state index is 0.172. The van der Waals surface area contributed by atoms with Crippen LogP contribution < -0.4 is 5.32 Å². The van der Waals surface area contributed by atoms with Crippen molar-refractivity contribution in [1.29, 1.82) is 0 Å². The number of nitrogens with one attached hydrogen (secondary N) is 1. The minimum atomic E-state index is -3.77. The Labute approximate surface area is 164 Å². The monoisotopic (exact) mass is 402 g/mol. The fraction of sp³-hybridized carbons (Fsp3) is 0.300. The number of nitrogens with zero attached hydrogens (tertiary/aromatic N) is 1. The van der Waals surface area contributed by atoms with E-state index >= 15 is 0 Å². The minimum Gasteiger partial charge on any atom is -0.465 e. The number of carbonyl (C=O) groups excluding carboxylic acids is 2. The van der Waals surface area contributed by atoms with Gasteiger partial charge < -0.3 is 10.1 Å². The molecule has 3 rings (SSSR count). The largest absolute Gasteiger partial charge is 0.465 e. The topological polar surface area (TPSA) is 92.8 Å². The second kappa shape index (κ2) is 8.12. The number of carbonyl (C=O) groups is 2. The molecule has 8 heteroatoms. The van der Waals surface area contributed by atoms with Crippen LogP contribution in [-0.4, -0.2) is 44.3 Å². The van der Waals surface area contributed by atoms with Gasteiger partial charge in [-0.1, -0.05) is 23.8 Å². The molecule has 28 heavy (non-hydrogen) atoms. The van der Waals surface area contributed by atoms with E-state index < -0.39 is 27.9 Å². The van der Waals surface area contributed by atoms with Crippen molar-refractivity contribution in [1.82, 2.24) is 4.31 Å². The van der Waals surface area contributed by atoms with Gasteiger partial charge in [-0.25, -0.2) is 13.2 Å². The van der Waals surface area contributed by atoms with Gasteiger partial charge in [-0.15, -0.1) is 0 Å². The third-order valence-corrected chi connectivity index (χ3v) is 6.61. The molecule has 0 aliphatic carbocycles. The summed E-state index contributed by atoms with van der Waals surface area (Å²) in [6.45, 7) is 2.17. The lowest BCUT2D eigenvalue weighted by Crippen LogP contribution is -2.43. The third-order valence-electron chi connectivity index (χ3n) is 4.69. The molecule has 1 N–H and O–H groups in total. The van der Waals surface area contributed by atoms with E-state index in [0.29, 0.717) is 24.1 Å². The van der Waals surface area contributed by atoms with Crippen molar-refractivity contribution >= 4 is 27.6 Å². The van der Waals surface area contributed by atoms with Crippen molar-refractivity contribution in [3.63, 3.8) is 0 Å². The highest BCUT2D eigenvalue weighted by Crippen LogP contribution is 2.27. The number of hydrogen-bond acceptors (Lipinski definition) is 5. The van der Waals surface area contributed by atoms with Crippen LogP contribution in [0, 0.1) is 6.92 Å². The molecule has 1 aliphatic rings. The number of anilines is 1. The standard InChI is InChI=1S/C20H22N2O5S/c1-14-8-10-17(11-9-14)28(25,26)22-12-4-7-18(22)19(23)21-16-6-3-5-15(13-16)20(24)27-2/h3,5-6,8-11,13,18H,4,7,12H2,1-2H3,(H,21,23)/t18-/m0/s1. The first-order valence-corrected chi connectivity index (χ1v) is 10.3. The Hall–Kier alpha value is -2.71. The zero-order chi connectivity index (χ0) is 20.3. The maximum atomic E-state index is 13.0. The van der Waals surface area contributed by atoms with Crippen molar-refractivity contribution in [3.05, 3.63) is 59.7 Å². The van der Waals surface area contributed by atoms with E-state index in [1.807, 2.05) is 6.92 Å². The van der Waals surface area contributed by atoms with Crippen LogP contribution in [0.4, 0.5) is 5.69 Å². The van der Waals surface area contributed by atoms with Gasteiger partial charge in [-0.05, 0) is 50.1 Å². The van der Waals surface area contributed by atoms with Gasteiger partial charge in [0.15, 0.2) is 0 Å². The van der Waals surface area contributed by atoms with Gasteiger partial charge >= 0.3 is 5.97 Å². The maximum Gasteiger partial charge on any atom is 0.337 e. The summed E-state index contributed by atoms with van der Waals surface area (Å²) in [7, 11) is -2.49. The third kappa shape index (κ3) is 4.07. The Balaban J connectivity index is 1.80. The SMILES string of the molecule is COC(=O)c1cccc(NC(=O)[C@@H]2CCCN2S(=O)(=O)c2ccc(C)cc2)c1. The van der Waals surface area contributed by atoms with Gasteiger partial charge in [0, 0.05) is 12.2 Å². The summed E-state index contributed by atoms with van der Waals surface area (Å²) < 4.78 is 31.9. The Morgan fingerprint density at radius 2 is 1.86 bits per heavy atom. The Morgan fingerprint density at radius 3 is 2.54 bits per heavy atom. The zero-order valence-electron chi connectivity index (χ0n) is 15.7. The molecule has 1 aliphatic heterocycles. The number of amides is 1. The molecule has 2 aromatic rings. The van der Waals surface area contributed by atoms with Crippen LogP contribution in [0.2, 0.25) is 0 Å². The molecule has 1 saturated heterocycles. The smallest absolute Gasteiger partial charge is 0.337 e. The number of methoxy groups -OCH3 is 1. The van der Waals surface area contributed by atoms with Crippen molar-refractivity contribution in [2.24, 2.45) is 0 Å². The molecule has 1 amide bonds. The number of esters is 1. The quantitative estimate of drug-likeness (QED) is 0.776. The molecule has 0 bridgehead atoms. The second-order valence-corrected chi connectivity index (χ2v) is 8.54. The van der Waals surface area contributed by atoms with E-state index in [-0.39, 0.29) is 11.4 Å². The molecule has 1 atom stereocenters. The number of hydrogen-bond donors (Lipinski definition) is 1. The van der Waals surface area contributed by atoms with E-state index in [1.165, 1.54) is 17.5 Å². The van der Waals surface area contributed by atoms with Crippen molar-refractivity contribution in [2.45, 2.75) is 30.7 Å². The van der Waals surface area contributed by atoms with Crippen LogP contribution in [0.25, 0.3) is 0 Å². The lowest BCUT2D eigenvalue weighted by molar-refractivity contribution is -0.119. The van der Waals surface area contributed by atoms with E-state index in [2.05, 4.69) is 10.1 Å². The van der Waals surface area contributed by atoms with Crippen LogP contribution in [-0.2, 0) is 19.6 Å². The number of benzene rings is 2. The average molecular weight is 402 g/mol. The lowest BCUT2D eigenvalue weighted by atomic mass is 10.2. The van der Waals surface area contributed by atoms with Crippen LogP contribution in [0.15, 0.2) is 53.4 Å². The van der Waals surface area contributed by atoms with Gasteiger partial charge in [-0.3, -0.25) is 4.79 Å². The summed E-state index contributed by atoms with van der Waals surface area (Å²) in [5.74, 6) is -0.934. The Bertz CT molecular complexity index is 986. The Morgan fingerprint density at radius 1 is 1.14 bits per heavy atom. The molecule has 1 fully saturated rings. The number of rotatable bonds is 5. The summed E-state index contributed by atoms with van der Waals surface area (Å²) in [6, 6.07) is 12.1. The first-order valence-electron chi connectivity index (χ1n) is 8.90. The molecule has 148 valence electrons. The molecule has 0 aromatic heterocycles. The molecule has 2 aromatic carbocycles. The number of ether oxygens (including phenoxy) is 1. The molecule has 0 unspecified atom stereocenters. The van der Waals surface area contributed by atoms with Gasteiger partial charge in [-0.2, -0.15) is 4.31 Å². The summed E-state index contributed by atoms with van der Waals surface area (Å²) in [6.07, 6.45) is 1.04. The summed E-state index contributed by atoms with van der Waals surface area (Å²) in [5, 5.41) is 2.71. The predicted molar refractivity (Wildman–Crippen MR) is 105 cm³/mol. The van der Waals surface area contributed by atoms with Crippen molar-refractivity contribution in [2.75, 3.05) is 19.0 Å². The fourth-order valence-corrected chi connectivity index (χ4v) is 4.86. The molecule has 1 heterocycles. The van der Waals surface area contributed by atoms with Gasteiger partial charge in [0.05, 0.1) is 17.6 Å². The molecule has 0 saturated carbocycles. The number of aryl methyl sites for hydroxylation is 1. The van der Waals surface area contributed by atoms with E-state index in [9.17, 15) is 18.0 Å². The van der Waals surface area contributed by atoms with E-state index in [1.54, 1.807) is 42.5 Å². The van der Waals surface area contributed by atoms with Gasteiger partial charge in [0.25, 0.3) is 0 Å². The molecular formula is C20H22N2O5S. The first kappa shape index (κ1) is 20.0. The molecule has 0 spiro atoms. The fourth-order valence-electron chi connectivity index (χ4n) is 3.20. The van der Waals surface area contributed by atoms with E-state index in [4.69, 9.17) is 0 Å². The van der Waals surface area contributed by atoms with Gasteiger partial charge in [0.2, 0.25) is 15.9 Å². The van der Waals surface area contributed by atoms with Crippen LogP contribution in [0.1, 0.15) is 28.8 Å². The molecule has 7 nitrogen and oxygen atoms in total. The highest BCUT2D eigenvalue weighted by Gasteiger charge is 2.39. The average Bonchev–Trinajstić information content (AvgIpc) is 3.19. The summed E-state index contributed by atoms with van der Waals surface area (Å²) in [4.78, 5) is 24.6. The summed E-state index contributed by atoms with van der Waals surface area (Å²) in [5.41, 5.74) is 1.67. The molecular weight excluding hydrogens is 380 g/mol. The second-order valence-electron chi connectivity index (χ2n) is 6.65. The molecule has 0 radical (unpaired) electrons. The lowest BCUT2D eigenvalue weighted by Gasteiger charge is -2.23. The van der Waals surface area contributed by atoms with Crippen LogP contribution in [0.5, 0.6) is 0 Å². The maximum absolute atomic E-state index is 13.0. The normalized spacial score (nSPS) is 17.3. The first-order chi connectivity index (χ1) is 13.3. The van der Waals surface area contributed by atoms with Gasteiger partial charge in [0.1, 0.15) is 6.04 Å². The Kier molecular flexibility index (Phi) is 5.81. The number of sulfonamides is 1.